The average Bonchev–Trinajstić information content (AvgIpc) is 2.65. The first-order valence-electron chi connectivity index (χ1n) is 9.02. The number of phenols is 1. The number of aromatic hydroxyl groups is 1. The molecule has 28 heavy (non-hydrogen) atoms. The Labute approximate surface area is 162 Å². The SMILES string of the molecule is CCN(CC)C(C)OC(=O)c1cc(C(=O)Cc2ccc(F)cc2F)ccc1O. The summed E-state index contributed by atoms with van der Waals surface area (Å²) >= 11 is 0. The number of rotatable bonds is 8. The van der Waals surface area contributed by atoms with Gasteiger partial charge < -0.3 is 9.84 Å². The van der Waals surface area contributed by atoms with Gasteiger partial charge in [0.2, 0.25) is 0 Å². The van der Waals surface area contributed by atoms with Gasteiger partial charge in [0.05, 0.1) is 0 Å². The van der Waals surface area contributed by atoms with Gasteiger partial charge in [-0.25, -0.2) is 13.6 Å². The molecule has 0 aromatic heterocycles. The van der Waals surface area contributed by atoms with Crippen LogP contribution in [0.15, 0.2) is 36.4 Å². The van der Waals surface area contributed by atoms with Gasteiger partial charge in [-0.2, -0.15) is 0 Å². The molecule has 0 aliphatic carbocycles. The minimum absolute atomic E-state index is 0.0405. The maximum atomic E-state index is 13.8. The molecule has 0 aliphatic heterocycles. The monoisotopic (exact) mass is 391 g/mol. The van der Waals surface area contributed by atoms with Gasteiger partial charge in [-0.1, -0.05) is 19.9 Å². The highest BCUT2D eigenvalue weighted by molar-refractivity contribution is 6.01. The van der Waals surface area contributed by atoms with Crippen LogP contribution in [0.25, 0.3) is 0 Å². The number of carbonyl (C=O) groups is 2. The molecule has 150 valence electrons. The van der Waals surface area contributed by atoms with Gasteiger partial charge in [0.1, 0.15) is 22.9 Å². The van der Waals surface area contributed by atoms with E-state index in [9.17, 15) is 23.5 Å². The van der Waals surface area contributed by atoms with E-state index in [1.165, 1.54) is 24.3 Å². The Morgan fingerprint density at radius 2 is 1.79 bits per heavy atom. The van der Waals surface area contributed by atoms with Gasteiger partial charge in [-0.3, -0.25) is 9.69 Å². The van der Waals surface area contributed by atoms with E-state index in [0.29, 0.717) is 19.2 Å². The topological polar surface area (TPSA) is 66.8 Å². The van der Waals surface area contributed by atoms with E-state index in [0.717, 1.165) is 6.07 Å². The van der Waals surface area contributed by atoms with Crippen molar-refractivity contribution in [3.63, 3.8) is 0 Å². The lowest BCUT2D eigenvalue weighted by Crippen LogP contribution is -2.36. The Bertz CT molecular complexity index is 865. The molecule has 0 saturated carbocycles. The summed E-state index contributed by atoms with van der Waals surface area (Å²) in [6.07, 6.45) is -0.809. The molecule has 2 rings (SSSR count). The molecule has 1 N–H and O–H groups in total. The standard InChI is InChI=1S/C21H23F2NO4/c1-4-24(5-2)13(3)28-21(27)17-10-15(7-9-19(17)25)20(26)11-14-6-8-16(22)12-18(14)23/h6-10,12-13,25H,4-5,11H2,1-3H3. The minimum atomic E-state index is -0.820. The minimum Gasteiger partial charge on any atom is -0.507 e. The molecule has 0 aliphatic rings. The zero-order valence-corrected chi connectivity index (χ0v) is 16.0. The van der Waals surface area contributed by atoms with Gasteiger partial charge in [0.25, 0.3) is 0 Å². The largest absolute Gasteiger partial charge is 0.507 e. The lowest BCUT2D eigenvalue weighted by atomic mass is 10.0. The molecule has 0 spiro atoms. The number of halogens is 2. The Kier molecular flexibility index (Phi) is 7.23. The molecular weight excluding hydrogens is 368 g/mol. The molecule has 0 fully saturated rings. The van der Waals surface area contributed by atoms with E-state index in [1.807, 2.05) is 18.7 Å². The van der Waals surface area contributed by atoms with Gasteiger partial charge in [0.15, 0.2) is 12.0 Å². The van der Waals surface area contributed by atoms with Crippen molar-refractivity contribution in [2.75, 3.05) is 13.1 Å². The van der Waals surface area contributed by atoms with Crippen LogP contribution in [0.5, 0.6) is 5.75 Å². The smallest absolute Gasteiger partial charge is 0.343 e. The van der Waals surface area contributed by atoms with E-state index in [2.05, 4.69) is 0 Å². The lowest BCUT2D eigenvalue weighted by Gasteiger charge is -2.26. The third-order valence-corrected chi connectivity index (χ3v) is 4.51. The van der Waals surface area contributed by atoms with Crippen LogP contribution in [0.1, 0.15) is 47.1 Å². The summed E-state index contributed by atoms with van der Waals surface area (Å²) in [6.45, 7) is 6.93. The first-order valence-corrected chi connectivity index (χ1v) is 9.02. The number of benzene rings is 2. The number of ketones is 1. The molecular formula is C21H23F2NO4. The first kappa shape index (κ1) is 21.5. The Hall–Kier alpha value is -2.80. The number of Topliss-reactive ketones (excluding diaryl/α,β-unsaturated/α-hetero) is 1. The van der Waals surface area contributed by atoms with Crippen molar-refractivity contribution in [2.24, 2.45) is 0 Å². The Morgan fingerprint density at radius 1 is 1.11 bits per heavy atom. The molecule has 0 saturated heterocycles. The quantitative estimate of drug-likeness (QED) is 0.419. The Balaban J connectivity index is 2.19. The lowest BCUT2D eigenvalue weighted by molar-refractivity contribution is -0.0199. The molecule has 0 heterocycles. The van der Waals surface area contributed by atoms with E-state index in [1.54, 1.807) is 6.92 Å². The van der Waals surface area contributed by atoms with E-state index in [4.69, 9.17) is 4.74 Å². The average molecular weight is 391 g/mol. The summed E-state index contributed by atoms with van der Waals surface area (Å²) in [4.78, 5) is 26.8. The molecule has 2 aromatic rings. The van der Waals surface area contributed by atoms with E-state index in [-0.39, 0.29) is 28.9 Å². The maximum Gasteiger partial charge on any atom is 0.343 e. The van der Waals surface area contributed by atoms with Crippen LogP contribution in [-0.4, -0.2) is 41.1 Å². The molecule has 0 amide bonds. The van der Waals surface area contributed by atoms with Gasteiger partial charge in [-0.15, -0.1) is 0 Å². The number of ether oxygens (including phenoxy) is 1. The maximum absolute atomic E-state index is 13.8. The number of phenolic OH excluding ortho intramolecular Hbond substituents is 1. The second kappa shape index (κ2) is 9.41. The van der Waals surface area contributed by atoms with Crippen LogP contribution in [-0.2, 0) is 11.2 Å². The predicted molar refractivity (Wildman–Crippen MR) is 100 cm³/mol. The zero-order chi connectivity index (χ0) is 20.8. The molecule has 0 radical (unpaired) electrons. The van der Waals surface area contributed by atoms with Crippen LogP contribution < -0.4 is 0 Å². The summed E-state index contributed by atoms with van der Waals surface area (Å²) in [6, 6.07) is 6.74. The summed E-state index contributed by atoms with van der Waals surface area (Å²) in [5.41, 5.74) is 0.00663. The first-order chi connectivity index (χ1) is 13.3. The molecule has 0 bridgehead atoms. The second-order valence-electron chi connectivity index (χ2n) is 6.29. The van der Waals surface area contributed by atoms with Crippen molar-refractivity contribution in [1.82, 2.24) is 4.90 Å². The van der Waals surface area contributed by atoms with Gasteiger partial charge in [0, 0.05) is 18.1 Å². The van der Waals surface area contributed by atoms with E-state index >= 15 is 0 Å². The Morgan fingerprint density at radius 3 is 2.39 bits per heavy atom. The zero-order valence-electron chi connectivity index (χ0n) is 16.0. The van der Waals surface area contributed by atoms with Crippen LogP contribution in [0, 0.1) is 11.6 Å². The van der Waals surface area contributed by atoms with Gasteiger partial charge in [-0.05, 0) is 49.8 Å². The van der Waals surface area contributed by atoms with E-state index < -0.39 is 29.6 Å². The highest BCUT2D eigenvalue weighted by atomic mass is 19.1. The summed E-state index contributed by atoms with van der Waals surface area (Å²) in [5, 5.41) is 9.99. The second-order valence-corrected chi connectivity index (χ2v) is 6.29. The molecule has 7 heteroatoms. The van der Waals surface area contributed by atoms with Crippen molar-refractivity contribution in [2.45, 2.75) is 33.4 Å². The number of carbonyl (C=O) groups excluding carboxylic acids is 2. The van der Waals surface area contributed by atoms with Gasteiger partial charge >= 0.3 is 5.97 Å². The number of hydrogen-bond acceptors (Lipinski definition) is 5. The number of esters is 1. The summed E-state index contributed by atoms with van der Waals surface area (Å²) in [5.74, 6) is -3.11. The molecule has 1 unspecified atom stereocenters. The van der Waals surface area contributed by atoms with Crippen molar-refractivity contribution >= 4 is 11.8 Å². The van der Waals surface area contributed by atoms with Crippen LogP contribution in [0.4, 0.5) is 8.78 Å². The van der Waals surface area contributed by atoms with Crippen LogP contribution in [0.2, 0.25) is 0 Å². The van der Waals surface area contributed by atoms with Crippen molar-refractivity contribution in [3.8, 4) is 5.75 Å². The highest BCUT2D eigenvalue weighted by Crippen LogP contribution is 2.22. The normalized spacial score (nSPS) is 12.1. The fourth-order valence-corrected chi connectivity index (χ4v) is 2.84. The van der Waals surface area contributed by atoms with Crippen molar-refractivity contribution in [1.29, 1.82) is 0 Å². The summed E-state index contributed by atoms with van der Waals surface area (Å²) in [7, 11) is 0. The fourth-order valence-electron chi connectivity index (χ4n) is 2.84. The molecule has 2 aromatic carbocycles. The van der Waals surface area contributed by atoms with Crippen LogP contribution in [0.3, 0.4) is 0 Å². The van der Waals surface area contributed by atoms with Crippen LogP contribution >= 0.6 is 0 Å². The molecule has 1 atom stereocenters. The fraction of sp³-hybridized carbons (Fsp3) is 0.333. The number of hydrogen-bond donors (Lipinski definition) is 1. The highest BCUT2D eigenvalue weighted by Gasteiger charge is 2.21. The summed E-state index contributed by atoms with van der Waals surface area (Å²) < 4.78 is 32.1. The predicted octanol–water partition coefficient (Wildman–Crippen LogP) is 3.94. The third-order valence-electron chi connectivity index (χ3n) is 4.51. The van der Waals surface area contributed by atoms with Crippen molar-refractivity contribution < 1.29 is 28.2 Å². The third kappa shape index (κ3) is 5.13. The molecule has 5 nitrogen and oxygen atoms in total. The van der Waals surface area contributed by atoms with Crippen molar-refractivity contribution in [3.05, 3.63) is 64.7 Å². The number of nitrogens with zero attached hydrogens (tertiary/aromatic N) is 1.